The molecule has 5 heteroatoms. The third-order valence-electron chi connectivity index (χ3n) is 2.99. The van der Waals surface area contributed by atoms with Gasteiger partial charge in [0.25, 0.3) is 0 Å². The van der Waals surface area contributed by atoms with Crippen molar-refractivity contribution in [1.29, 1.82) is 0 Å². The van der Waals surface area contributed by atoms with E-state index < -0.39 is 10.0 Å². The maximum absolute atomic E-state index is 12.4. The molecule has 0 amide bonds. The first-order valence-electron chi connectivity index (χ1n) is 6.71. The second-order valence-corrected chi connectivity index (χ2v) is 6.75. The van der Waals surface area contributed by atoms with E-state index in [1.165, 1.54) is 9.87 Å². The number of nitrogens with zero attached hydrogens (tertiary/aromatic N) is 1. The normalized spacial score (nSPS) is 12.0. The fourth-order valence-corrected chi connectivity index (χ4v) is 3.56. The third kappa shape index (κ3) is 4.48. The number of rotatable bonds is 8. The lowest BCUT2D eigenvalue weighted by Gasteiger charge is -2.20. The van der Waals surface area contributed by atoms with E-state index >= 15 is 0 Å². The Morgan fingerprint density at radius 3 is 2.26 bits per heavy atom. The third-order valence-corrected chi connectivity index (χ3v) is 5.25. The zero-order chi connectivity index (χ0) is 14.3. The topological polar surface area (TPSA) is 37.4 Å². The second-order valence-electron chi connectivity index (χ2n) is 4.43. The molecule has 1 rings (SSSR count). The average Bonchev–Trinajstić information content (AvgIpc) is 2.40. The Balaban J connectivity index is 2.91. The van der Waals surface area contributed by atoms with Gasteiger partial charge in [-0.3, -0.25) is 0 Å². The van der Waals surface area contributed by atoms with Crippen molar-refractivity contribution < 1.29 is 8.42 Å². The van der Waals surface area contributed by atoms with Gasteiger partial charge in [-0.1, -0.05) is 32.4 Å². The molecule has 3 nitrogen and oxygen atoms in total. The van der Waals surface area contributed by atoms with E-state index in [1.54, 1.807) is 12.1 Å². The molecule has 0 saturated heterocycles. The molecule has 0 heterocycles. The molecule has 19 heavy (non-hydrogen) atoms. The van der Waals surface area contributed by atoms with Crippen molar-refractivity contribution in [1.82, 2.24) is 4.31 Å². The Morgan fingerprint density at radius 1 is 1.16 bits per heavy atom. The molecular formula is C14H22ClNO2S. The van der Waals surface area contributed by atoms with Gasteiger partial charge in [0.05, 0.1) is 4.90 Å². The molecule has 1 aromatic carbocycles. The van der Waals surface area contributed by atoms with Crippen LogP contribution < -0.4 is 0 Å². The summed E-state index contributed by atoms with van der Waals surface area (Å²) >= 11 is 5.63. The van der Waals surface area contributed by atoms with Crippen LogP contribution in [0.4, 0.5) is 0 Å². The molecule has 0 aliphatic heterocycles. The quantitative estimate of drug-likeness (QED) is 0.691. The van der Waals surface area contributed by atoms with Gasteiger partial charge in [-0.25, -0.2) is 8.42 Å². The van der Waals surface area contributed by atoms with Crippen molar-refractivity contribution in [3.8, 4) is 0 Å². The van der Waals surface area contributed by atoms with Gasteiger partial charge < -0.3 is 0 Å². The summed E-state index contributed by atoms with van der Waals surface area (Å²) in [5, 5.41) is 0. The summed E-state index contributed by atoms with van der Waals surface area (Å²) in [5.41, 5.74) is 1.17. The lowest BCUT2D eigenvalue weighted by Crippen LogP contribution is -2.32. The molecular weight excluding hydrogens is 282 g/mol. The Labute approximate surface area is 121 Å². The molecule has 0 N–H and O–H groups in total. The van der Waals surface area contributed by atoms with Crippen LogP contribution in [-0.2, 0) is 16.4 Å². The van der Waals surface area contributed by atoms with Crippen LogP contribution in [0.5, 0.6) is 0 Å². The van der Waals surface area contributed by atoms with Crippen LogP contribution in [-0.4, -0.2) is 31.7 Å². The number of halogens is 1. The first-order valence-corrected chi connectivity index (χ1v) is 8.68. The van der Waals surface area contributed by atoms with E-state index in [-0.39, 0.29) is 0 Å². The van der Waals surface area contributed by atoms with Gasteiger partial charge in [-0.05, 0) is 30.5 Å². The first kappa shape index (κ1) is 16.5. The number of aryl methyl sites for hydroxylation is 1. The van der Waals surface area contributed by atoms with Crippen molar-refractivity contribution >= 4 is 21.6 Å². The van der Waals surface area contributed by atoms with E-state index in [1.807, 2.05) is 19.1 Å². The van der Waals surface area contributed by atoms with E-state index in [0.29, 0.717) is 30.3 Å². The molecule has 0 saturated carbocycles. The predicted octanol–water partition coefficient (Wildman–Crippen LogP) is 3.28. The van der Waals surface area contributed by atoms with Crippen molar-refractivity contribution in [2.75, 3.05) is 19.0 Å². The number of hydrogen-bond acceptors (Lipinski definition) is 2. The van der Waals surface area contributed by atoms with Gasteiger partial charge in [0, 0.05) is 19.0 Å². The van der Waals surface area contributed by atoms with Crippen molar-refractivity contribution in [2.45, 2.75) is 38.0 Å². The van der Waals surface area contributed by atoms with Crippen LogP contribution in [0, 0.1) is 0 Å². The lowest BCUT2D eigenvalue weighted by atomic mass is 10.1. The van der Waals surface area contributed by atoms with Gasteiger partial charge in [0.15, 0.2) is 0 Å². The Bertz CT molecular complexity index is 471. The summed E-state index contributed by atoms with van der Waals surface area (Å²) in [4.78, 5) is 0.365. The maximum atomic E-state index is 12.4. The summed E-state index contributed by atoms with van der Waals surface area (Å²) in [6, 6.07) is 7.19. The molecule has 0 bridgehead atoms. The molecule has 0 spiro atoms. The fraction of sp³-hybridized carbons (Fsp3) is 0.571. The van der Waals surface area contributed by atoms with Gasteiger partial charge >= 0.3 is 0 Å². The van der Waals surface area contributed by atoms with Crippen LogP contribution in [0.3, 0.4) is 0 Å². The SMILES string of the molecule is CCCc1ccc(S(=O)(=O)N(CC)CCCCl)cc1. The van der Waals surface area contributed by atoms with Crippen LogP contribution >= 0.6 is 11.6 Å². The van der Waals surface area contributed by atoms with E-state index in [9.17, 15) is 8.42 Å². The Hall–Kier alpha value is -0.580. The summed E-state index contributed by atoms with van der Waals surface area (Å²) < 4.78 is 26.3. The fourth-order valence-electron chi connectivity index (χ4n) is 1.95. The number of sulfonamides is 1. The highest BCUT2D eigenvalue weighted by Crippen LogP contribution is 2.17. The molecule has 108 valence electrons. The van der Waals surface area contributed by atoms with E-state index in [4.69, 9.17) is 11.6 Å². The van der Waals surface area contributed by atoms with Gasteiger partial charge in [-0.2, -0.15) is 4.31 Å². The molecule has 0 atom stereocenters. The van der Waals surface area contributed by atoms with Crippen LogP contribution in [0.2, 0.25) is 0 Å². The number of alkyl halides is 1. The van der Waals surface area contributed by atoms with E-state index in [0.717, 1.165) is 12.8 Å². The standard InChI is InChI=1S/C14H22ClNO2S/c1-3-6-13-7-9-14(10-8-13)19(17,18)16(4-2)12-5-11-15/h7-10H,3-6,11-12H2,1-2H3. The largest absolute Gasteiger partial charge is 0.243 e. The Kier molecular flexibility index (Phi) is 6.83. The molecule has 0 unspecified atom stereocenters. The van der Waals surface area contributed by atoms with Crippen molar-refractivity contribution in [3.63, 3.8) is 0 Å². The first-order chi connectivity index (χ1) is 9.06. The zero-order valence-corrected chi connectivity index (χ0v) is 13.2. The number of benzene rings is 1. The minimum Gasteiger partial charge on any atom is -0.207 e. The number of hydrogen-bond donors (Lipinski definition) is 0. The van der Waals surface area contributed by atoms with Gasteiger partial charge in [0.1, 0.15) is 0 Å². The molecule has 0 aromatic heterocycles. The smallest absolute Gasteiger partial charge is 0.207 e. The zero-order valence-electron chi connectivity index (χ0n) is 11.6. The van der Waals surface area contributed by atoms with Gasteiger partial charge in [0.2, 0.25) is 10.0 Å². The Morgan fingerprint density at radius 2 is 1.79 bits per heavy atom. The van der Waals surface area contributed by atoms with Crippen molar-refractivity contribution in [2.24, 2.45) is 0 Å². The van der Waals surface area contributed by atoms with Crippen molar-refractivity contribution in [3.05, 3.63) is 29.8 Å². The average molecular weight is 304 g/mol. The molecule has 0 fully saturated rings. The minimum atomic E-state index is -3.38. The molecule has 0 aliphatic rings. The molecule has 1 aromatic rings. The predicted molar refractivity (Wildman–Crippen MR) is 80.2 cm³/mol. The second kappa shape index (κ2) is 7.88. The summed E-state index contributed by atoms with van der Waals surface area (Å²) in [7, 11) is -3.38. The summed E-state index contributed by atoms with van der Waals surface area (Å²) in [5.74, 6) is 0.474. The minimum absolute atomic E-state index is 0.365. The lowest BCUT2D eigenvalue weighted by molar-refractivity contribution is 0.428. The molecule has 0 aliphatic carbocycles. The molecule has 0 radical (unpaired) electrons. The highest BCUT2D eigenvalue weighted by molar-refractivity contribution is 7.89. The van der Waals surface area contributed by atoms with Crippen LogP contribution in [0.1, 0.15) is 32.3 Å². The van der Waals surface area contributed by atoms with E-state index in [2.05, 4.69) is 6.92 Å². The van der Waals surface area contributed by atoms with Crippen LogP contribution in [0.15, 0.2) is 29.2 Å². The summed E-state index contributed by atoms with van der Waals surface area (Å²) in [6.45, 7) is 4.89. The highest BCUT2D eigenvalue weighted by atomic mass is 35.5. The highest BCUT2D eigenvalue weighted by Gasteiger charge is 2.22. The maximum Gasteiger partial charge on any atom is 0.243 e. The summed E-state index contributed by atoms with van der Waals surface area (Å²) in [6.07, 6.45) is 2.70. The van der Waals surface area contributed by atoms with Crippen LogP contribution in [0.25, 0.3) is 0 Å². The monoisotopic (exact) mass is 303 g/mol. The van der Waals surface area contributed by atoms with Gasteiger partial charge in [-0.15, -0.1) is 11.6 Å².